The van der Waals surface area contributed by atoms with Crippen molar-refractivity contribution in [3.05, 3.63) is 63.7 Å². The zero-order valence-electron chi connectivity index (χ0n) is 15.4. The Morgan fingerprint density at radius 1 is 1.33 bits per heavy atom. The number of benzene rings is 2. The summed E-state index contributed by atoms with van der Waals surface area (Å²) < 4.78 is 6.45. The molecular formula is C20H21N3O3S. The molecule has 0 saturated carbocycles. The van der Waals surface area contributed by atoms with Crippen LogP contribution >= 0.6 is 12.2 Å². The Morgan fingerprint density at radius 2 is 2.07 bits per heavy atom. The minimum absolute atomic E-state index is 0.0172. The number of fused-ring (bicyclic) bond motifs is 4. The van der Waals surface area contributed by atoms with Gasteiger partial charge in [0, 0.05) is 23.6 Å². The van der Waals surface area contributed by atoms with Crippen LogP contribution in [0.15, 0.2) is 42.5 Å². The lowest BCUT2D eigenvalue weighted by atomic mass is 9.80. The number of para-hydroxylation sites is 1. The SMILES string of the molecule is CCc1ccccc1N1C(=S)NC2c3cc([N+](=O)[O-])ccc3OC1(C)C2C. The smallest absolute Gasteiger partial charge is 0.270 e. The summed E-state index contributed by atoms with van der Waals surface area (Å²) in [7, 11) is 0. The van der Waals surface area contributed by atoms with Gasteiger partial charge in [0.15, 0.2) is 10.8 Å². The highest BCUT2D eigenvalue weighted by molar-refractivity contribution is 7.80. The van der Waals surface area contributed by atoms with Crippen molar-refractivity contribution in [3.8, 4) is 5.75 Å². The number of anilines is 1. The van der Waals surface area contributed by atoms with Crippen LogP contribution in [0.1, 0.15) is 37.9 Å². The number of thiocarbonyl (C=S) groups is 1. The van der Waals surface area contributed by atoms with Gasteiger partial charge in [0.05, 0.1) is 16.7 Å². The highest BCUT2D eigenvalue weighted by atomic mass is 32.1. The molecule has 140 valence electrons. The van der Waals surface area contributed by atoms with Crippen LogP contribution in [-0.4, -0.2) is 15.8 Å². The Hall–Kier alpha value is -2.67. The Labute approximate surface area is 163 Å². The van der Waals surface area contributed by atoms with Gasteiger partial charge in [-0.25, -0.2) is 0 Å². The first-order valence-electron chi connectivity index (χ1n) is 9.02. The predicted octanol–water partition coefficient (Wildman–Crippen LogP) is 4.34. The second-order valence-electron chi connectivity index (χ2n) is 7.17. The maximum absolute atomic E-state index is 11.2. The van der Waals surface area contributed by atoms with E-state index in [2.05, 4.69) is 31.3 Å². The molecule has 0 amide bonds. The summed E-state index contributed by atoms with van der Waals surface area (Å²) >= 11 is 5.71. The van der Waals surface area contributed by atoms with Gasteiger partial charge in [-0.2, -0.15) is 0 Å². The molecule has 7 heteroatoms. The molecular weight excluding hydrogens is 362 g/mol. The second-order valence-corrected chi connectivity index (χ2v) is 7.56. The highest BCUT2D eigenvalue weighted by Gasteiger charge is 2.54. The number of hydrogen-bond acceptors (Lipinski definition) is 4. The normalized spacial score (nSPS) is 26.0. The fourth-order valence-corrected chi connectivity index (χ4v) is 4.51. The van der Waals surface area contributed by atoms with Crippen molar-refractivity contribution in [1.29, 1.82) is 0 Å². The molecule has 3 atom stereocenters. The summed E-state index contributed by atoms with van der Waals surface area (Å²) in [5.74, 6) is 0.670. The van der Waals surface area contributed by atoms with E-state index < -0.39 is 5.72 Å². The Balaban J connectivity index is 1.85. The number of nitrogens with one attached hydrogen (secondary N) is 1. The van der Waals surface area contributed by atoms with E-state index in [-0.39, 0.29) is 22.6 Å². The molecule has 2 aliphatic heterocycles. The van der Waals surface area contributed by atoms with Crippen molar-refractivity contribution < 1.29 is 9.66 Å². The zero-order valence-corrected chi connectivity index (χ0v) is 16.2. The van der Waals surface area contributed by atoms with Crippen molar-refractivity contribution in [2.24, 2.45) is 5.92 Å². The summed E-state index contributed by atoms with van der Waals surface area (Å²) in [5, 5.41) is 15.2. The first kappa shape index (κ1) is 17.7. The number of non-ortho nitro benzene ring substituents is 1. The molecule has 6 nitrogen and oxygen atoms in total. The van der Waals surface area contributed by atoms with E-state index in [0.29, 0.717) is 10.9 Å². The van der Waals surface area contributed by atoms with Crippen molar-refractivity contribution >= 4 is 28.7 Å². The molecule has 0 aromatic heterocycles. The third-order valence-corrected chi connectivity index (χ3v) is 6.04. The van der Waals surface area contributed by atoms with E-state index in [0.717, 1.165) is 17.7 Å². The quantitative estimate of drug-likeness (QED) is 0.483. The third kappa shape index (κ3) is 2.56. The van der Waals surface area contributed by atoms with Crippen molar-refractivity contribution in [2.75, 3.05) is 4.90 Å². The van der Waals surface area contributed by atoms with E-state index in [1.807, 2.05) is 24.0 Å². The average Bonchev–Trinajstić information content (AvgIpc) is 2.64. The summed E-state index contributed by atoms with van der Waals surface area (Å²) in [6.45, 7) is 6.24. The molecule has 2 heterocycles. The van der Waals surface area contributed by atoms with Gasteiger partial charge >= 0.3 is 0 Å². The number of aryl methyl sites for hydroxylation is 1. The zero-order chi connectivity index (χ0) is 19.3. The summed E-state index contributed by atoms with van der Waals surface area (Å²) in [5.41, 5.74) is 2.35. The number of rotatable bonds is 3. The number of ether oxygens (including phenoxy) is 1. The van der Waals surface area contributed by atoms with E-state index in [1.165, 1.54) is 11.6 Å². The van der Waals surface area contributed by atoms with Crippen LogP contribution in [0.25, 0.3) is 0 Å². The van der Waals surface area contributed by atoms with Crippen LogP contribution < -0.4 is 15.0 Å². The summed E-state index contributed by atoms with van der Waals surface area (Å²) in [6.07, 6.45) is 0.881. The Bertz CT molecular complexity index is 948. The van der Waals surface area contributed by atoms with Crippen LogP contribution in [0, 0.1) is 16.0 Å². The molecule has 4 rings (SSSR count). The lowest BCUT2D eigenvalue weighted by Gasteiger charge is -2.56. The molecule has 1 saturated heterocycles. The molecule has 3 unspecified atom stereocenters. The van der Waals surface area contributed by atoms with Crippen LogP contribution in [-0.2, 0) is 6.42 Å². The molecule has 1 fully saturated rings. The maximum atomic E-state index is 11.2. The van der Waals surface area contributed by atoms with E-state index >= 15 is 0 Å². The summed E-state index contributed by atoms with van der Waals surface area (Å²) in [4.78, 5) is 12.8. The lowest BCUT2D eigenvalue weighted by Crippen LogP contribution is -2.69. The van der Waals surface area contributed by atoms with Crippen LogP contribution in [0.2, 0.25) is 0 Å². The van der Waals surface area contributed by atoms with Gasteiger partial charge < -0.3 is 10.1 Å². The largest absolute Gasteiger partial charge is 0.467 e. The van der Waals surface area contributed by atoms with Gasteiger partial charge in [-0.15, -0.1) is 0 Å². The Kier molecular flexibility index (Phi) is 4.07. The highest BCUT2D eigenvalue weighted by Crippen LogP contribution is 2.50. The number of nitro benzene ring substituents is 1. The van der Waals surface area contributed by atoms with Crippen molar-refractivity contribution in [1.82, 2.24) is 5.32 Å². The van der Waals surface area contributed by atoms with Gasteiger partial charge in [-0.05, 0) is 43.3 Å². The fourth-order valence-electron chi connectivity index (χ4n) is 4.11. The molecule has 2 aromatic rings. The van der Waals surface area contributed by atoms with E-state index in [4.69, 9.17) is 17.0 Å². The van der Waals surface area contributed by atoms with Crippen LogP contribution in [0.3, 0.4) is 0 Å². The van der Waals surface area contributed by atoms with E-state index in [9.17, 15) is 10.1 Å². The van der Waals surface area contributed by atoms with Crippen molar-refractivity contribution in [2.45, 2.75) is 39.0 Å². The van der Waals surface area contributed by atoms with Gasteiger partial charge in [0.25, 0.3) is 5.69 Å². The van der Waals surface area contributed by atoms with Gasteiger partial charge in [0.2, 0.25) is 0 Å². The maximum Gasteiger partial charge on any atom is 0.270 e. The first-order valence-corrected chi connectivity index (χ1v) is 9.43. The molecule has 0 spiro atoms. The molecule has 0 radical (unpaired) electrons. The fraction of sp³-hybridized carbons (Fsp3) is 0.350. The molecule has 1 N–H and O–H groups in total. The topological polar surface area (TPSA) is 67.6 Å². The minimum atomic E-state index is -0.693. The van der Waals surface area contributed by atoms with Crippen LogP contribution in [0.5, 0.6) is 5.75 Å². The molecule has 0 aliphatic carbocycles. The predicted molar refractivity (Wildman–Crippen MR) is 108 cm³/mol. The second kappa shape index (κ2) is 6.20. The standard InChI is InChI=1S/C20H21N3O3S/c1-4-13-7-5-6-8-16(13)22-19(27)21-18-12(2)20(22,3)26-17-10-9-14(23(24)25)11-15(17)18/h5-12,18H,4H2,1-3H3,(H,21,27). The average molecular weight is 383 g/mol. The van der Waals surface area contributed by atoms with Crippen molar-refractivity contribution in [3.63, 3.8) is 0 Å². The number of nitro groups is 1. The van der Waals surface area contributed by atoms with Gasteiger partial charge in [-0.1, -0.05) is 32.0 Å². The van der Waals surface area contributed by atoms with E-state index in [1.54, 1.807) is 12.1 Å². The summed E-state index contributed by atoms with van der Waals surface area (Å²) in [6, 6.07) is 12.8. The van der Waals surface area contributed by atoms with Gasteiger partial charge in [-0.3, -0.25) is 15.0 Å². The van der Waals surface area contributed by atoms with Crippen LogP contribution in [0.4, 0.5) is 11.4 Å². The molecule has 2 bridgehead atoms. The first-order chi connectivity index (χ1) is 12.9. The monoisotopic (exact) mass is 383 g/mol. The molecule has 2 aliphatic rings. The number of nitrogens with zero attached hydrogens (tertiary/aromatic N) is 2. The molecule has 27 heavy (non-hydrogen) atoms. The number of hydrogen-bond donors (Lipinski definition) is 1. The lowest BCUT2D eigenvalue weighted by molar-refractivity contribution is -0.385. The minimum Gasteiger partial charge on any atom is -0.467 e. The van der Waals surface area contributed by atoms with Gasteiger partial charge in [0.1, 0.15) is 5.75 Å². The molecule has 2 aromatic carbocycles. The third-order valence-electron chi connectivity index (χ3n) is 5.74. The Morgan fingerprint density at radius 3 is 2.78 bits per heavy atom.